The van der Waals surface area contributed by atoms with E-state index in [0.29, 0.717) is 19.3 Å². The summed E-state index contributed by atoms with van der Waals surface area (Å²) in [7, 11) is 0. The van der Waals surface area contributed by atoms with Gasteiger partial charge in [0.2, 0.25) is 0 Å². The van der Waals surface area contributed by atoms with Crippen LogP contribution in [0.25, 0.3) is 33.4 Å². The van der Waals surface area contributed by atoms with Crippen LogP contribution in [0.1, 0.15) is 55.9 Å². The van der Waals surface area contributed by atoms with Crippen molar-refractivity contribution < 1.29 is 4.74 Å². The van der Waals surface area contributed by atoms with Crippen molar-refractivity contribution >= 4 is 11.1 Å². The first-order chi connectivity index (χ1) is 21.7. The maximum atomic E-state index is 6.52. The molecule has 0 bridgehead atoms. The third-order valence-electron chi connectivity index (χ3n) is 8.92. The Bertz CT molecular complexity index is 1690. The van der Waals surface area contributed by atoms with Crippen LogP contribution in [0.5, 0.6) is 0 Å². The molecule has 0 radical (unpaired) electrons. The van der Waals surface area contributed by atoms with Gasteiger partial charge in [-0.3, -0.25) is 0 Å². The average molecular weight is 578 g/mol. The highest BCUT2D eigenvalue weighted by molar-refractivity contribution is 6.12. The molecule has 0 heterocycles. The smallest absolute Gasteiger partial charge is 0.0604 e. The minimum Gasteiger partial charge on any atom is -0.380 e. The van der Waals surface area contributed by atoms with E-state index in [1.165, 1.54) is 55.7 Å². The lowest BCUT2D eigenvalue weighted by Gasteiger charge is -2.37. The molecule has 0 aromatic heterocycles. The summed E-state index contributed by atoms with van der Waals surface area (Å²) in [6.45, 7) is 8.97. The minimum absolute atomic E-state index is 0.297. The fraction of sp³-hybridized carbons (Fsp3) is 0.238. The topological polar surface area (TPSA) is 21.3 Å². The summed E-state index contributed by atoms with van der Waals surface area (Å²) in [5.74, 6) is 0. The molecule has 2 atom stereocenters. The monoisotopic (exact) mass is 577 g/mol. The van der Waals surface area contributed by atoms with Crippen LogP contribution in [0.2, 0.25) is 0 Å². The third kappa shape index (κ3) is 5.68. The first kappa shape index (κ1) is 29.8. The van der Waals surface area contributed by atoms with Crippen molar-refractivity contribution in [3.05, 3.63) is 156 Å². The van der Waals surface area contributed by atoms with E-state index in [-0.39, 0.29) is 5.41 Å². The summed E-state index contributed by atoms with van der Waals surface area (Å²) in [4.78, 5) is 0. The molecule has 0 saturated heterocycles. The second kappa shape index (κ2) is 13.6. The molecule has 0 amide bonds. The van der Waals surface area contributed by atoms with E-state index in [1.807, 2.05) is 0 Å². The van der Waals surface area contributed by atoms with Crippen molar-refractivity contribution in [2.45, 2.75) is 45.1 Å². The van der Waals surface area contributed by atoms with Crippen LogP contribution in [-0.4, -0.2) is 25.8 Å². The third-order valence-corrected chi connectivity index (χ3v) is 8.92. The maximum Gasteiger partial charge on any atom is 0.0604 e. The first-order valence-electron chi connectivity index (χ1n) is 16.1. The molecule has 2 unspecified atom stereocenters. The van der Waals surface area contributed by atoms with E-state index in [4.69, 9.17) is 4.74 Å². The van der Waals surface area contributed by atoms with Gasteiger partial charge in [0, 0.05) is 18.1 Å². The van der Waals surface area contributed by atoms with Gasteiger partial charge in [-0.1, -0.05) is 140 Å². The summed E-state index contributed by atoms with van der Waals surface area (Å²) in [6.07, 6.45) is 2.04. The fourth-order valence-corrected chi connectivity index (χ4v) is 7.12. The van der Waals surface area contributed by atoms with Gasteiger partial charge in [-0.25, -0.2) is 0 Å². The zero-order valence-electron chi connectivity index (χ0n) is 26.2. The molecule has 2 nitrogen and oxygen atoms in total. The Morgan fingerprint density at radius 1 is 0.614 bits per heavy atom. The number of hydrogen-bond donors (Lipinski definition) is 1. The molecule has 2 heteroatoms. The Hall–Kier alpha value is -4.24. The Kier molecular flexibility index (Phi) is 9.21. The second-order valence-electron chi connectivity index (χ2n) is 11.9. The molecule has 0 spiro atoms. The van der Waals surface area contributed by atoms with Gasteiger partial charge in [0.25, 0.3) is 0 Å². The van der Waals surface area contributed by atoms with E-state index in [0.717, 1.165) is 19.4 Å². The van der Waals surface area contributed by atoms with Crippen LogP contribution < -0.4 is 5.32 Å². The van der Waals surface area contributed by atoms with Gasteiger partial charge in [-0.05, 0) is 88.9 Å². The van der Waals surface area contributed by atoms with Gasteiger partial charge in [0.15, 0.2) is 0 Å². The molecular formula is C42H43NO. The number of ether oxygens (including phenoxy) is 1. The number of rotatable bonds is 12. The van der Waals surface area contributed by atoms with Crippen LogP contribution in [0.4, 0.5) is 0 Å². The van der Waals surface area contributed by atoms with Crippen LogP contribution in [0.3, 0.4) is 0 Å². The van der Waals surface area contributed by atoms with Crippen molar-refractivity contribution in [3.8, 4) is 22.3 Å². The normalized spacial score (nSPS) is 16.6. The SMILES string of the molecule is CCCNC(C)CC1(COCC)C(c2ccccc2)=C(c2ccccc2)c2c1ccc(-c1ccccc1)c2-c1ccccc1. The lowest BCUT2D eigenvalue weighted by Crippen LogP contribution is -2.40. The standard InChI is InChI=1S/C42H43NO/c1-4-28-43-31(3)29-42(30-44-5-2)37-27-26-36(32-18-10-6-11-19-32)38(33-20-12-7-13-21-33)40(37)39(34-22-14-8-15-23-34)41(42)35-24-16-9-17-25-35/h6-27,31,43H,4-5,28-30H2,1-3H3. The van der Waals surface area contributed by atoms with Gasteiger partial charge in [-0.2, -0.15) is 0 Å². The Labute approximate surface area is 263 Å². The van der Waals surface area contributed by atoms with Crippen LogP contribution in [-0.2, 0) is 10.2 Å². The number of benzene rings is 5. The fourth-order valence-electron chi connectivity index (χ4n) is 7.12. The summed E-state index contributed by atoms with van der Waals surface area (Å²) in [5, 5.41) is 3.82. The highest BCUT2D eigenvalue weighted by atomic mass is 16.5. The van der Waals surface area contributed by atoms with Crippen molar-refractivity contribution in [2.24, 2.45) is 0 Å². The van der Waals surface area contributed by atoms with Crippen molar-refractivity contribution in [3.63, 3.8) is 0 Å². The van der Waals surface area contributed by atoms with Gasteiger partial charge in [0.1, 0.15) is 0 Å². The van der Waals surface area contributed by atoms with Gasteiger partial charge in [-0.15, -0.1) is 0 Å². The van der Waals surface area contributed by atoms with E-state index >= 15 is 0 Å². The average Bonchev–Trinajstić information content (AvgIpc) is 3.37. The quantitative estimate of drug-likeness (QED) is 0.159. The number of nitrogens with one attached hydrogen (secondary N) is 1. The maximum absolute atomic E-state index is 6.52. The Morgan fingerprint density at radius 3 is 1.73 bits per heavy atom. The number of fused-ring (bicyclic) bond motifs is 1. The molecule has 0 aliphatic heterocycles. The van der Waals surface area contributed by atoms with E-state index in [9.17, 15) is 0 Å². The van der Waals surface area contributed by atoms with Crippen molar-refractivity contribution in [1.82, 2.24) is 5.32 Å². The molecule has 1 aliphatic rings. The molecule has 222 valence electrons. The van der Waals surface area contributed by atoms with Crippen LogP contribution in [0.15, 0.2) is 133 Å². The highest BCUT2D eigenvalue weighted by Gasteiger charge is 2.48. The highest BCUT2D eigenvalue weighted by Crippen LogP contribution is 2.59. The van der Waals surface area contributed by atoms with Crippen LogP contribution >= 0.6 is 0 Å². The zero-order chi connectivity index (χ0) is 30.4. The molecule has 1 N–H and O–H groups in total. The lowest BCUT2D eigenvalue weighted by atomic mass is 9.70. The summed E-state index contributed by atoms with van der Waals surface area (Å²) in [6, 6.07) is 48.9. The molecule has 5 aromatic carbocycles. The molecule has 1 aliphatic carbocycles. The molecule has 0 saturated carbocycles. The van der Waals surface area contributed by atoms with E-state index in [2.05, 4.69) is 160 Å². The number of hydrogen-bond acceptors (Lipinski definition) is 2. The molecular weight excluding hydrogens is 534 g/mol. The van der Waals surface area contributed by atoms with E-state index < -0.39 is 0 Å². The predicted octanol–water partition coefficient (Wildman–Crippen LogP) is 10.0. The summed E-state index contributed by atoms with van der Waals surface area (Å²) < 4.78 is 6.52. The zero-order valence-corrected chi connectivity index (χ0v) is 26.2. The molecule has 5 aromatic rings. The minimum atomic E-state index is -0.350. The van der Waals surface area contributed by atoms with Crippen molar-refractivity contribution in [2.75, 3.05) is 19.8 Å². The Balaban J connectivity index is 1.77. The van der Waals surface area contributed by atoms with Gasteiger partial charge in [0.05, 0.1) is 6.61 Å². The van der Waals surface area contributed by atoms with Crippen LogP contribution in [0, 0.1) is 0 Å². The Morgan fingerprint density at radius 2 is 1.16 bits per heavy atom. The van der Waals surface area contributed by atoms with Crippen molar-refractivity contribution in [1.29, 1.82) is 0 Å². The summed E-state index contributed by atoms with van der Waals surface area (Å²) >= 11 is 0. The van der Waals surface area contributed by atoms with Gasteiger partial charge < -0.3 is 10.1 Å². The van der Waals surface area contributed by atoms with Gasteiger partial charge >= 0.3 is 0 Å². The first-order valence-corrected chi connectivity index (χ1v) is 16.1. The predicted molar refractivity (Wildman–Crippen MR) is 187 cm³/mol. The van der Waals surface area contributed by atoms with E-state index in [1.54, 1.807) is 0 Å². The second-order valence-corrected chi connectivity index (χ2v) is 11.9. The molecule has 6 rings (SSSR count). The molecule has 0 fully saturated rings. The lowest BCUT2D eigenvalue weighted by molar-refractivity contribution is 0.106. The summed E-state index contributed by atoms with van der Waals surface area (Å²) in [5.41, 5.74) is 12.5. The molecule has 44 heavy (non-hydrogen) atoms. The largest absolute Gasteiger partial charge is 0.380 e.